The molecular formula is C23H19NO4. The molecule has 1 heterocycles. The van der Waals surface area contributed by atoms with Crippen LogP contribution in [0.5, 0.6) is 11.5 Å². The van der Waals surface area contributed by atoms with E-state index in [1.807, 2.05) is 19.1 Å². The predicted molar refractivity (Wildman–Crippen MR) is 106 cm³/mol. The van der Waals surface area contributed by atoms with E-state index in [0.717, 1.165) is 5.56 Å². The van der Waals surface area contributed by atoms with Crippen molar-refractivity contribution in [3.63, 3.8) is 0 Å². The van der Waals surface area contributed by atoms with E-state index in [1.54, 1.807) is 54.6 Å². The number of hydrogen-bond donors (Lipinski definition) is 1. The van der Waals surface area contributed by atoms with Gasteiger partial charge in [-0.15, -0.1) is 0 Å². The van der Waals surface area contributed by atoms with Crippen LogP contribution in [0.3, 0.4) is 0 Å². The highest BCUT2D eigenvalue weighted by Gasteiger charge is 2.19. The van der Waals surface area contributed by atoms with Gasteiger partial charge in [-0.25, -0.2) is 0 Å². The lowest BCUT2D eigenvalue weighted by Gasteiger charge is -2.19. The van der Waals surface area contributed by atoms with Crippen molar-refractivity contribution in [1.82, 2.24) is 0 Å². The number of carbonyl (C=O) groups is 2. The molecule has 1 aliphatic heterocycles. The Labute approximate surface area is 162 Å². The predicted octanol–water partition coefficient (Wildman–Crippen LogP) is 4.25. The van der Waals surface area contributed by atoms with Gasteiger partial charge in [0, 0.05) is 22.9 Å². The van der Waals surface area contributed by atoms with Crippen molar-refractivity contribution in [3.05, 3.63) is 89.0 Å². The highest BCUT2D eigenvalue weighted by Crippen LogP contribution is 2.32. The third kappa shape index (κ3) is 3.60. The summed E-state index contributed by atoms with van der Waals surface area (Å²) in [4.78, 5) is 25.8. The fraction of sp³-hybridized carbons (Fsp3) is 0.130. The topological polar surface area (TPSA) is 64.6 Å². The first-order chi connectivity index (χ1) is 13.6. The summed E-state index contributed by atoms with van der Waals surface area (Å²) in [6.45, 7) is 2.94. The fourth-order valence-electron chi connectivity index (χ4n) is 3.06. The van der Waals surface area contributed by atoms with E-state index in [-0.39, 0.29) is 11.7 Å². The molecule has 1 N–H and O–H groups in total. The lowest BCUT2D eigenvalue weighted by molar-refractivity contribution is 0.0996. The summed E-state index contributed by atoms with van der Waals surface area (Å²) in [6, 6.07) is 19.3. The van der Waals surface area contributed by atoms with E-state index in [2.05, 4.69) is 5.32 Å². The molecule has 0 spiro atoms. The lowest BCUT2D eigenvalue weighted by atomic mass is 9.97. The molecule has 0 saturated heterocycles. The molecule has 3 aromatic carbocycles. The summed E-state index contributed by atoms with van der Waals surface area (Å²) in [6.07, 6.45) is 0. The van der Waals surface area contributed by atoms with Crippen LogP contribution in [-0.2, 0) is 0 Å². The summed E-state index contributed by atoms with van der Waals surface area (Å²) in [5.41, 5.74) is 2.88. The van der Waals surface area contributed by atoms with Gasteiger partial charge >= 0.3 is 0 Å². The molecule has 0 unspecified atom stereocenters. The Morgan fingerprint density at radius 3 is 2.25 bits per heavy atom. The minimum atomic E-state index is -0.354. The van der Waals surface area contributed by atoms with Gasteiger partial charge in [0.2, 0.25) is 0 Å². The molecule has 140 valence electrons. The lowest BCUT2D eigenvalue weighted by Crippen LogP contribution is -2.18. The van der Waals surface area contributed by atoms with E-state index in [4.69, 9.17) is 9.47 Å². The van der Waals surface area contributed by atoms with E-state index in [9.17, 15) is 9.59 Å². The summed E-state index contributed by atoms with van der Waals surface area (Å²) in [5, 5.41) is 2.84. The second-order valence-electron chi connectivity index (χ2n) is 6.55. The van der Waals surface area contributed by atoms with Crippen LogP contribution in [0.25, 0.3) is 0 Å². The Morgan fingerprint density at radius 1 is 0.821 bits per heavy atom. The maximum atomic E-state index is 12.9. The number of nitrogens with one attached hydrogen (secondary N) is 1. The molecule has 1 amide bonds. The largest absolute Gasteiger partial charge is 0.486 e. The van der Waals surface area contributed by atoms with Gasteiger partial charge in [-0.1, -0.05) is 48.0 Å². The molecule has 3 aromatic rings. The first-order valence-electron chi connectivity index (χ1n) is 9.03. The van der Waals surface area contributed by atoms with Crippen LogP contribution in [0.4, 0.5) is 5.69 Å². The minimum Gasteiger partial charge on any atom is -0.486 e. The Balaban J connectivity index is 1.60. The summed E-state index contributed by atoms with van der Waals surface area (Å²) in [7, 11) is 0. The second-order valence-corrected chi connectivity index (χ2v) is 6.55. The Hall–Kier alpha value is -3.60. The number of anilines is 1. The average molecular weight is 373 g/mol. The molecule has 5 heteroatoms. The third-order valence-electron chi connectivity index (χ3n) is 4.53. The zero-order valence-corrected chi connectivity index (χ0v) is 15.4. The number of amides is 1. The monoisotopic (exact) mass is 373 g/mol. The van der Waals surface area contributed by atoms with Crippen molar-refractivity contribution in [2.75, 3.05) is 18.5 Å². The zero-order valence-electron chi connectivity index (χ0n) is 15.4. The highest BCUT2D eigenvalue weighted by atomic mass is 16.6. The number of ketones is 1. The number of hydrogen-bond acceptors (Lipinski definition) is 4. The molecule has 4 rings (SSSR count). The van der Waals surface area contributed by atoms with E-state index in [0.29, 0.717) is 47.1 Å². The van der Waals surface area contributed by atoms with Crippen LogP contribution in [0.2, 0.25) is 0 Å². The molecule has 0 aromatic heterocycles. The van der Waals surface area contributed by atoms with Crippen LogP contribution in [0.15, 0.2) is 66.7 Å². The number of benzene rings is 3. The minimum absolute atomic E-state index is 0.187. The summed E-state index contributed by atoms with van der Waals surface area (Å²) >= 11 is 0. The SMILES string of the molecule is Cc1ccc(C(=O)c2ccccc2C(=O)Nc2ccc3c(c2)OCCO3)cc1. The molecule has 0 fully saturated rings. The maximum Gasteiger partial charge on any atom is 0.256 e. The van der Waals surface area contributed by atoms with Gasteiger partial charge in [0.25, 0.3) is 5.91 Å². The summed E-state index contributed by atoms with van der Waals surface area (Å²) < 4.78 is 11.0. The van der Waals surface area contributed by atoms with Gasteiger partial charge in [0.1, 0.15) is 13.2 Å². The Bertz CT molecular complexity index is 1040. The van der Waals surface area contributed by atoms with Crippen LogP contribution >= 0.6 is 0 Å². The zero-order chi connectivity index (χ0) is 19.5. The summed E-state index contributed by atoms with van der Waals surface area (Å²) in [5.74, 6) is 0.702. The Kier molecular flexibility index (Phi) is 4.81. The molecular weight excluding hydrogens is 354 g/mol. The smallest absolute Gasteiger partial charge is 0.256 e. The van der Waals surface area contributed by atoms with Crippen molar-refractivity contribution < 1.29 is 19.1 Å². The molecule has 28 heavy (non-hydrogen) atoms. The van der Waals surface area contributed by atoms with Gasteiger partial charge in [-0.3, -0.25) is 9.59 Å². The molecule has 5 nitrogen and oxygen atoms in total. The quantitative estimate of drug-likeness (QED) is 0.695. The molecule has 0 radical (unpaired) electrons. The van der Waals surface area contributed by atoms with E-state index in [1.165, 1.54) is 0 Å². The van der Waals surface area contributed by atoms with Crippen molar-refractivity contribution in [2.24, 2.45) is 0 Å². The molecule has 0 atom stereocenters. The van der Waals surface area contributed by atoms with Crippen LogP contribution in [0, 0.1) is 6.92 Å². The first kappa shape index (κ1) is 17.8. The van der Waals surface area contributed by atoms with Crippen molar-refractivity contribution >= 4 is 17.4 Å². The first-order valence-corrected chi connectivity index (χ1v) is 9.03. The second kappa shape index (κ2) is 7.56. The van der Waals surface area contributed by atoms with Crippen molar-refractivity contribution in [3.8, 4) is 11.5 Å². The van der Waals surface area contributed by atoms with Crippen molar-refractivity contribution in [1.29, 1.82) is 0 Å². The number of aryl methyl sites for hydroxylation is 1. The molecule has 0 saturated carbocycles. The Morgan fingerprint density at radius 2 is 1.50 bits per heavy atom. The molecule has 0 aliphatic carbocycles. The number of fused-ring (bicyclic) bond motifs is 1. The van der Waals surface area contributed by atoms with Gasteiger partial charge in [0.05, 0.1) is 5.56 Å². The van der Waals surface area contributed by atoms with E-state index < -0.39 is 0 Å². The number of rotatable bonds is 4. The van der Waals surface area contributed by atoms with E-state index >= 15 is 0 Å². The fourth-order valence-corrected chi connectivity index (χ4v) is 3.06. The van der Waals surface area contributed by atoms with Gasteiger partial charge < -0.3 is 14.8 Å². The van der Waals surface area contributed by atoms with Crippen molar-refractivity contribution in [2.45, 2.75) is 6.92 Å². The van der Waals surface area contributed by atoms with Crippen LogP contribution in [0.1, 0.15) is 31.8 Å². The number of ether oxygens (including phenoxy) is 2. The number of carbonyl (C=O) groups excluding carboxylic acids is 2. The normalized spacial score (nSPS) is 12.3. The van der Waals surface area contributed by atoms with Crippen LogP contribution < -0.4 is 14.8 Å². The standard InChI is InChI=1S/C23H19NO4/c1-15-6-8-16(9-7-15)22(25)18-4-2-3-5-19(18)23(26)24-17-10-11-20-21(14-17)28-13-12-27-20/h2-11,14H,12-13H2,1H3,(H,24,26). The average Bonchev–Trinajstić information content (AvgIpc) is 2.73. The maximum absolute atomic E-state index is 12.9. The van der Waals surface area contributed by atoms with Gasteiger partial charge in [-0.2, -0.15) is 0 Å². The van der Waals surface area contributed by atoms with Gasteiger partial charge in [-0.05, 0) is 25.1 Å². The van der Waals surface area contributed by atoms with Gasteiger partial charge in [0.15, 0.2) is 17.3 Å². The highest BCUT2D eigenvalue weighted by molar-refractivity contribution is 6.17. The third-order valence-corrected chi connectivity index (χ3v) is 4.53. The molecule has 1 aliphatic rings. The molecule has 0 bridgehead atoms. The van der Waals surface area contributed by atoms with Crippen LogP contribution in [-0.4, -0.2) is 24.9 Å².